The first kappa shape index (κ1) is 20.3. The van der Waals surface area contributed by atoms with Gasteiger partial charge in [0.2, 0.25) is 0 Å². The van der Waals surface area contributed by atoms with Crippen molar-refractivity contribution in [1.82, 2.24) is 4.98 Å². The van der Waals surface area contributed by atoms with Crippen LogP contribution in [0.1, 0.15) is 89.5 Å². The smallest absolute Gasteiger partial charge is 0.302 e. The van der Waals surface area contributed by atoms with E-state index in [-0.39, 0.29) is 12.1 Å². The fourth-order valence-electron chi connectivity index (χ4n) is 7.84. The molecule has 0 saturated heterocycles. The van der Waals surface area contributed by atoms with Gasteiger partial charge in [0.1, 0.15) is 6.10 Å². The van der Waals surface area contributed by atoms with Gasteiger partial charge in [-0.15, -0.1) is 0 Å². The van der Waals surface area contributed by atoms with Crippen LogP contribution in [0.15, 0.2) is 23.9 Å². The maximum Gasteiger partial charge on any atom is 0.302 e. The van der Waals surface area contributed by atoms with Gasteiger partial charge in [0.25, 0.3) is 0 Å². The van der Waals surface area contributed by atoms with Crippen LogP contribution in [0, 0.1) is 23.2 Å². The monoisotopic (exact) mass is 407 g/mol. The van der Waals surface area contributed by atoms with Crippen molar-refractivity contribution in [3.63, 3.8) is 0 Å². The Kier molecular flexibility index (Phi) is 4.87. The summed E-state index contributed by atoms with van der Waals surface area (Å²) < 4.78 is 5.59. The van der Waals surface area contributed by atoms with E-state index in [1.165, 1.54) is 36.9 Å². The minimum Gasteiger partial charge on any atom is -0.462 e. The second-order valence-corrected chi connectivity index (χ2v) is 11.0. The van der Waals surface area contributed by atoms with Crippen molar-refractivity contribution in [3.8, 4) is 0 Å². The van der Waals surface area contributed by atoms with E-state index in [1.807, 2.05) is 0 Å². The molecule has 0 aromatic carbocycles. The summed E-state index contributed by atoms with van der Waals surface area (Å²) in [7, 11) is 0. The van der Waals surface area contributed by atoms with E-state index in [2.05, 4.69) is 39.1 Å². The average molecular weight is 408 g/mol. The molecule has 0 amide bonds. The van der Waals surface area contributed by atoms with Crippen molar-refractivity contribution >= 4 is 5.97 Å². The summed E-state index contributed by atoms with van der Waals surface area (Å²) in [6.07, 6.45) is 15.3. The van der Waals surface area contributed by atoms with E-state index in [0.717, 1.165) is 49.9 Å². The van der Waals surface area contributed by atoms with Gasteiger partial charge in [0.15, 0.2) is 0 Å². The summed E-state index contributed by atoms with van der Waals surface area (Å²) in [4.78, 5) is 16.3. The number of hydrogen-bond donors (Lipinski definition) is 0. The zero-order valence-corrected chi connectivity index (χ0v) is 19.2. The summed E-state index contributed by atoms with van der Waals surface area (Å²) >= 11 is 0. The fraction of sp³-hybridized carbons (Fsp3) is 0.704. The molecule has 2 fully saturated rings. The number of ether oxygens (including phenoxy) is 1. The Morgan fingerprint density at radius 2 is 1.97 bits per heavy atom. The summed E-state index contributed by atoms with van der Waals surface area (Å²) in [6.45, 7) is 8.85. The SMILES string of the molecule is CCCc1cc2c(cn1)C[C@H]1[C@@H]3CC=C4C[C@@H](OC(C)=O)CC[C@]4(C)[C@H]3CC[C@]21C. The number of nitrogens with zero attached hydrogens (tertiary/aromatic N) is 1. The molecule has 3 nitrogen and oxygen atoms in total. The average Bonchev–Trinajstić information content (AvgIpc) is 3.00. The van der Waals surface area contributed by atoms with Gasteiger partial charge in [0, 0.05) is 25.2 Å². The lowest BCUT2D eigenvalue weighted by Gasteiger charge is -2.57. The van der Waals surface area contributed by atoms with E-state index < -0.39 is 0 Å². The highest BCUT2D eigenvalue weighted by atomic mass is 16.5. The van der Waals surface area contributed by atoms with Crippen LogP contribution >= 0.6 is 0 Å². The predicted molar refractivity (Wildman–Crippen MR) is 119 cm³/mol. The second kappa shape index (κ2) is 7.21. The zero-order chi connectivity index (χ0) is 21.1. The van der Waals surface area contributed by atoms with Gasteiger partial charge in [0.05, 0.1) is 0 Å². The normalized spacial score (nSPS) is 39.3. The lowest BCUT2D eigenvalue weighted by Crippen LogP contribution is -2.51. The summed E-state index contributed by atoms with van der Waals surface area (Å²) in [5.41, 5.74) is 6.60. The Hall–Kier alpha value is -1.64. The summed E-state index contributed by atoms with van der Waals surface area (Å²) in [5, 5.41) is 0. The number of pyridine rings is 1. The van der Waals surface area contributed by atoms with Gasteiger partial charge >= 0.3 is 5.97 Å². The van der Waals surface area contributed by atoms with E-state index in [1.54, 1.807) is 18.1 Å². The third kappa shape index (κ3) is 2.99. The molecule has 0 unspecified atom stereocenters. The molecule has 3 heteroatoms. The molecule has 0 radical (unpaired) electrons. The number of carbonyl (C=O) groups excluding carboxylic acids is 1. The van der Waals surface area contributed by atoms with Crippen molar-refractivity contribution in [1.29, 1.82) is 0 Å². The molecule has 4 aliphatic carbocycles. The molecule has 1 aromatic heterocycles. The Labute approximate surface area is 181 Å². The molecule has 6 atom stereocenters. The Bertz CT molecular complexity index is 889. The van der Waals surface area contributed by atoms with Crippen LogP contribution in [0.4, 0.5) is 0 Å². The molecular formula is C27H37NO2. The number of allylic oxidation sites excluding steroid dienone is 1. The van der Waals surface area contributed by atoms with Gasteiger partial charge in [-0.2, -0.15) is 0 Å². The Morgan fingerprint density at radius 1 is 1.17 bits per heavy atom. The zero-order valence-electron chi connectivity index (χ0n) is 19.2. The van der Waals surface area contributed by atoms with Crippen LogP contribution in [0.5, 0.6) is 0 Å². The molecule has 0 aliphatic heterocycles. The highest BCUT2D eigenvalue weighted by Gasteiger charge is 2.57. The first-order valence-corrected chi connectivity index (χ1v) is 12.2. The standard InChI is InChI=1S/C27H37NO2/c1-5-6-20-15-24-18(16-28-20)13-25-22-8-7-19-14-21(30-17(2)29)9-11-26(19,3)23(22)10-12-27(24,25)4/h7,15-16,21-23,25H,5-6,8-14H2,1-4H3/t21-,22+,23-,25-,26-,27+/m0/s1. The third-order valence-electron chi connectivity index (χ3n) is 9.39. The number of aryl methyl sites for hydroxylation is 1. The van der Waals surface area contributed by atoms with Crippen molar-refractivity contribution < 1.29 is 9.53 Å². The minimum absolute atomic E-state index is 0.0889. The number of rotatable bonds is 3. The first-order valence-electron chi connectivity index (χ1n) is 12.2. The number of fused-ring (bicyclic) bond motifs is 7. The molecule has 0 spiro atoms. The van der Waals surface area contributed by atoms with Crippen molar-refractivity contribution in [2.45, 2.75) is 97.0 Å². The molecule has 0 N–H and O–H groups in total. The molecule has 5 rings (SSSR count). The van der Waals surface area contributed by atoms with Crippen LogP contribution in [0.25, 0.3) is 0 Å². The molecule has 30 heavy (non-hydrogen) atoms. The highest BCUT2D eigenvalue weighted by Crippen LogP contribution is 2.64. The van der Waals surface area contributed by atoms with Crippen LogP contribution in [-0.4, -0.2) is 17.1 Å². The molecule has 162 valence electrons. The Balaban J connectivity index is 1.43. The number of hydrogen-bond acceptors (Lipinski definition) is 3. The van der Waals surface area contributed by atoms with Crippen LogP contribution in [0.3, 0.4) is 0 Å². The van der Waals surface area contributed by atoms with Crippen LogP contribution < -0.4 is 0 Å². The molecule has 2 saturated carbocycles. The molecule has 0 bridgehead atoms. The highest BCUT2D eigenvalue weighted by molar-refractivity contribution is 5.66. The largest absolute Gasteiger partial charge is 0.462 e. The maximum absolute atomic E-state index is 11.5. The summed E-state index contributed by atoms with van der Waals surface area (Å²) in [5.74, 6) is 2.15. The predicted octanol–water partition coefficient (Wildman–Crippen LogP) is 5.94. The molecule has 4 aliphatic rings. The molecular weight excluding hydrogens is 370 g/mol. The summed E-state index contributed by atoms with van der Waals surface area (Å²) in [6, 6.07) is 2.45. The van der Waals surface area contributed by atoms with Crippen LogP contribution in [0.2, 0.25) is 0 Å². The quantitative estimate of drug-likeness (QED) is 0.460. The topological polar surface area (TPSA) is 39.2 Å². The van der Waals surface area contributed by atoms with E-state index in [4.69, 9.17) is 9.72 Å². The second-order valence-electron chi connectivity index (χ2n) is 11.0. The van der Waals surface area contributed by atoms with Gasteiger partial charge in [-0.25, -0.2) is 0 Å². The number of carbonyl (C=O) groups is 1. The van der Waals surface area contributed by atoms with E-state index in [0.29, 0.717) is 10.8 Å². The van der Waals surface area contributed by atoms with Crippen molar-refractivity contribution in [2.24, 2.45) is 23.2 Å². The van der Waals surface area contributed by atoms with Gasteiger partial charge in [-0.3, -0.25) is 9.78 Å². The van der Waals surface area contributed by atoms with Crippen molar-refractivity contribution in [3.05, 3.63) is 40.7 Å². The molecule has 1 heterocycles. The maximum atomic E-state index is 11.5. The third-order valence-corrected chi connectivity index (χ3v) is 9.39. The van der Waals surface area contributed by atoms with E-state index >= 15 is 0 Å². The number of aromatic nitrogens is 1. The van der Waals surface area contributed by atoms with Gasteiger partial charge in [-0.05, 0) is 90.7 Å². The lowest BCUT2D eigenvalue weighted by molar-refractivity contribution is -0.148. The number of esters is 1. The molecule has 1 aromatic rings. The van der Waals surface area contributed by atoms with Crippen molar-refractivity contribution in [2.75, 3.05) is 0 Å². The fourth-order valence-corrected chi connectivity index (χ4v) is 7.84. The Morgan fingerprint density at radius 3 is 2.73 bits per heavy atom. The first-order chi connectivity index (χ1) is 14.3. The van der Waals surface area contributed by atoms with Gasteiger partial charge < -0.3 is 4.74 Å². The van der Waals surface area contributed by atoms with E-state index in [9.17, 15) is 4.79 Å². The van der Waals surface area contributed by atoms with Crippen LogP contribution in [-0.2, 0) is 27.8 Å². The van der Waals surface area contributed by atoms with Gasteiger partial charge in [-0.1, -0.05) is 38.8 Å². The lowest BCUT2D eigenvalue weighted by atomic mass is 9.47. The minimum atomic E-state index is -0.133.